The van der Waals surface area contributed by atoms with E-state index in [1.54, 1.807) is 0 Å². The maximum absolute atomic E-state index is 13.1. The summed E-state index contributed by atoms with van der Waals surface area (Å²) in [6.07, 6.45) is 11.0. The third kappa shape index (κ3) is 2.93. The minimum absolute atomic E-state index is 0.0400. The van der Waals surface area contributed by atoms with Gasteiger partial charge in [-0.3, -0.25) is 9.59 Å². The van der Waals surface area contributed by atoms with Crippen LogP contribution in [0.5, 0.6) is 0 Å². The maximum Gasteiger partial charge on any atom is 0.228 e. The average Bonchev–Trinajstić information content (AvgIpc) is 3.13. The van der Waals surface area contributed by atoms with Gasteiger partial charge >= 0.3 is 0 Å². The van der Waals surface area contributed by atoms with Gasteiger partial charge in [-0.25, -0.2) is 0 Å². The van der Waals surface area contributed by atoms with Crippen LogP contribution in [0, 0.1) is 62.1 Å². The van der Waals surface area contributed by atoms with E-state index in [0.29, 0.717) is 35.4 Å². The molecule has 5 saturated carbocycles. The number of Topliss-reactive ketones (excluding diaryl/α,β-unsaturated/α-hetero) is 1. The van der Waals surface area contributed by atoms with Gasteiger partial charge in [0.05, 0.1) is 0 Å². The minimum Gasteiger partial charge on any atom is -0.299 e. The van der Waals surface area contributed by atoms with Crippen molar-refractivity contribution in [3.8, 4) is 0 Å². The summed E-state index contributed by atoms with van der Waals surface area (Å²) in [5.74, 6) is 3.22. The molecule has 0 aromatic rings. The number of halogens is 1. The van der Waals surface area contributed by atoms with E-state index in [-0.39, 0.29) is 37.7 Å². The fraction of sp³-hybridized carbons (Fsp3) is 0.935. The molecule has 2 nitrogen and oxygen atoms in total. The maximum atomic E-state index is 13.1. The first-order valence-corrected chi connectivity index (χ1v) is 14.7. The first kappa shape index (κ1) is 25.3. The van der Waals surface area contributed by atoms with Gasteiger partial charge in [0.25, 0.3) is 0 Å². The van der Waals surface area contributed by atoms with Gasteiger partial charge in [0.2, 0.25) is 5.24 Å². The topological polar surface area (TPSA) is 34.1 Å². The normalized spacial score (nSPS) is 52.3. The van der Waals surface area contributed by atoms with Gasteiger partial charge in [0, 0.05) is 17.3 Å². The zero-order valence-corrected chi connectivity index (χ0v) is 23.9. The Morgan fingerprint density at radius 1 is 0.824 bits per heavy atom. The summed E-state index contributed by atoms with van der Waals surface area (Å²) in [7, 11) is 0. The van der Waals surface area contributed by atoms with Crippen LogP contribution in [0.2, 0.25) is 0 Å². The molecular weight excluding hydrogens is 440 g/mol. The number of fused-ring (bicyclic) bond motifs is 7. The van der Waals surface area contributed by atoms with Gasteiger partial charge in [-0.1, -0.05) is 55.4 Å². The summed E-state index contributed by atoms with van der Waals surface area (Å²) >= 11 is 6.50. The Hall–Kier alpha value is -0.370. The van der Waals surface area contributed by atoms with Crippen LogP contribution in [0.25, 0.3) is 0 Å². The minimum atomic E-state index is -0.298. The van der Waals surface area contributed by atoms with Crippen molar-refractivity contribution in [2.24, 2.45) is 62.1 Å². The molecule has 3 heteroatoms. The zero-order valence-electron chi connectivity index (χ0n) is 23.2. The molecule has 0 aromatic carbocycles. The van der Waals surface area contributed by atoms with Crippen LogP contribution in [-0.4, -0.2) is 11.0 Å². The number of hydrogen-bond acceptors (Lipinski definition) is 2. The molecule has 0 radical (unpaired) electrons. The quantitative estimate of drug-likeness (QED) is 0.347. The summed E-state index contributed by atoms with van der Waals surface area (Å²) < 4.78 is 0. The van der Waals surface area contributed by atoms with Crippen LogP contribution in [0.4, 0.5) is 0 Å². The summed E-state index contributed by atoms with van der Waals surface area (Å²) in [6.45, 7) is 19.4. The molecule has 0 aliphatic heterocycles. The van der Waals surface area contributed by atoms with Crippen LogP contribution in [-0.2, 0) is 9.59 Å². The lowest BCUT2D eigenvalue weighted by atomic mass is 9.32. The average molecular weight is 489 g/mol. The standard InChI is InChI=1S/C31H49ClO2/c1-26(2,3)19-11-16-31(25(32)34)18-17-29(7)20(24(19)31)9-10-22-28(6)14-13-23(33)27(4,5)21(28)12-15-30(22,29)8/h19-22,24H,9-18H2,1-8H3/t19-,20?,21?,22?,24?,28+,29-,30-,31+/m1/s1. The lowest BCUT2D eigenvalue weighted by molar-refractivity contribution is -0.235. The van der Waals surface area contributed by atoms with Crippen molar-refractivity contribution >= 4 is 22.6 Å². The Balaban J connectivity index is 1.58. The molecular formula is C31H49ClO2. The third-order valence-corrected chi connectivity index (χ3v) is 14.1. The molecule has 4 unspecified atom stereocenters. The van der Waals surface area contributed by atoms with Crippen molar-refractivity contribution in [1.29, 1.82) is 0 Å². The van der Waals surface area contributed by atoms with E-state index < -0.39 is 0 Å². The Labute approximate surface area is 213 Å². The summed E-state index contributed by atoms with van der Waals surface area (Å²) in [5, 5.41) is -0.0400. The van der Waals surface area contributed by atoms with Gasteiger partial charge in [-0.15, -0.1) is 0 Å². The number of hydrogen-bond donors (Lipinski definition) is 0. The number of carbonyl (C=O) groups excluding carboxylic acids is 2. The molecule has 34 heavy (non-hydrogen) atoms. The highest BCUT2D eigenvalue weighted by Crippen LogP contribution is 2.77. The van der Waals surface area contributed by atoms with Crippen LogP contribution >= 0.6 is 11.6 Å². The second-order valence-electron chi connectivity index (χ2n) is 15.8. The molecule has 0 bridgehead atoms. The van der Waals surface area contributed by atoms with Crippen molar-refractivity contribution in [2.75, 3.05) is 0 Å². The van der Waals surface area contributed by atoms with E-state index in [0.717, 1.165) is 38.5 Å². The Morgan fingerprint density at radius 3 is 2.12 bits per heavy atom. The molecule has 9 atom stereocenters. The van der Waals surface area contributed by atoms with E-state index in [1.807, 2.05) is 0 Å². The smallest absolute Gasteiger partial charge is 0.228 e. The summed E-state index contributed by atoms with van der Waals surface area (Å²) in [6, 6.07) is 0. The lowest BCUT2D eigenvalue weighted by Crippen LogP contribution is -2.66. The first-order valence-electron chi connectivity index (χ1n) is 14.3. The third-order valence-electron chi connectivity index (χ3n) is 13.7. The fourth-order valence-corrected chi connectivity index (χ4v) is 12.0. The summed E-state index contributed by atoms with van der Waals surface area (Å²) in [5.41, 5.74) is 0.462. The van der Waals surface area contributed by atoms with E-state index in [9.17, 15) is 9.59 Å². The highest BCUT2D eigenvalue weighted by molar-refractivity contribution is 6.64. The Morgan fingerprint density at radius 2 is 1.50 bits per heavy atom. The van der Waals surface area contributed by atoms with Gasteiger partial charge in [-0.2, -0.15) is 0 Å². The lowest BCUT2D eigenvalue weighted by Gasteiger charge is -2.72. The number of carbonyl (C=O) groups is 2. The molecule has 5 fully saturated rings. The molecule has 0 N–H and O–H groups in total. The number of ketones is 1. The van der Waals surface area contributed by atoms with Gasteiger partial charge in [0.1, 0.15) is 5.78 Å². The van der Waals surface area contributed by atoms with E-state index in [2.05, 4.69) is 55.4 Å². The predicted octanol–water partition coefficient (Wildman–Crippen LogP) is 8.45. The van der Waals surface area contributed by atoms with E-state index >= 15 is 0 Å². The largest absolute Gasteiger partial charge is 0.299 e. The van der Waals surface area contributed by atoms with E-state index in [4.69, 9.17) is 11.6 Å². The van der Waals surface area contributed by atoms with Crippen molar-refractivity contribution in [2.45, 2.75) is 120 Å². The molecule has 0 spiro atoms. The van der Waals surface area contributed by atoms with Crippen molar-refractivity contribution in [3.63, 3.8) is 0 Å². The SMILES string of the molecule is CC1(C)C(=O)CC[C@@]2(C)C1CC[C@]1(C)C2CCC2C3[C@H](C(C)(C)C)CC[C@]3(C(=O)Cl)CC[C@]21C. The molecule has 192 valence electrons. The van der Waals surface area contributed by atoms with Crippen LogP contribution in [0.15, 0.2) is 0 Å². The molecule has 5 aliphatic carbocycles. The van der Waals surface area contributed by atoms with Gasteiger partial charge in [-0.05, 0) is 121 Å². The van der Waals surface area contributed by atoms with Crippen molar-refractivity contribution in [3.05, 3.63) is 0 Å². The highest BCUT2D eigenvalue weighted by Gasteiger charge is 2.72. The zero-order chi connectivity index (χ0) is 25.1. The Bertz CT molecular complexity index is 900. The molecule has 0 saturated heterocycles. The Kier molecular flexibility index (Phi) is 5.47. The van der Waals surface area contributed by atoms with Crippen LogP contribution in [0.3, 0.4) is 0 Å². The molecule has 5 aliphatic rings. The second-order valence-corrected chi connectivity index (χ2v) is 16.1. The fourth-order valence-electron chi connectivity index (χ4n) is 11.7. The second kappa shape index (κ2) is 7.35. The predicted molar refractivity (Wildman–Crippen MR) is 139 cm³/mol. The first-order chi connectivity index (χ1) is 15.6. The molecule has 5 rings (SSSR count). The van der Waals surface area contributed by atoms with Gasteiger partial charge in [0.15, 0.2) is 0 Å². The monoisotopic (exact) mass is 488 g/mol. The van der Waals surface area contributed by atoms with Crippen LogP contribution in [0.1, 0.15) is 120 Å². The number of rotatable bonds is 1. The summed E-state index contributed by atoms with van der Waals surface area (Å²) in [4.78, 5) is 26.0. The van der Waals surface area contributed by atoms with Crippen molar-refractivity contribution in [1.82, 2.24) is 0 Å². The van der Waals surface area contributed by atoms with Crippen molar-refractivity contribution < 1.29 is 9.59 Å². The van der Waals surface area contributed by atoms with Crippen LogP contribution < -0.4 is 0 Å². The highest BCUT2D eigenvalue weighted by atomic mass is 35.5. The molecule has 0 amide bonds. The van der Waals surface area contributed by atoms with E-state index in [1.165, 1.54) is 25.7 Å². The van der Waals surface area contributed by atoms with Gasteiger partial charge < -0.3 is 0 Å². The molecule has 0 heterocycles. The molecule has 0 aromatic heterocycles.